The minimum atomic E-state index is -0.654. The molecule has 0 bridgehead atoms. The number of ketones is 1. The third-order valence-electron chi connectivity index (χ3n) is 6.12. The van der Waals surface area contributed by atoms with Gasteiger partial charge in [0.15, 0.2) is 11.9 Å². The van der Waals surface area contributed by atoms with Crippen molar-refractivity contribution in [2.45, 2.75) is 31.8 Å². The molecule has 0 saturated carbocycles. The molecule has 0 fully saturated rings. The van der Waals surface area contributed by atoms with Gasteiger partial charge in [0.1, 0.15) is 0 Å². The molecule has 33 heavy (non-hydrogen) atoms. The molecule has 0 aliphatic heterocycles. The molecule has 4 aromatic rings. The first-order valence-electron chi connectivity index (χ1n) is 11.4. The van der Waals surface area contributed by atoms with Crippen molar-refractivity contribution < 1.29 is 14.3 Å². The second-order valence-electron chi connectivity index (χ2n) is 8.29. The summed E-state index contributed by atoms with van der Waals surface area (Å²) >= 11 is 0. The molecule has 1 atom stereocenters. The molecule has 5 rings (SSSR count). The molecule has 0 saturated heterocycles. The maximum Gasteiger partial charge on any atom is 0.339 e. The van der Waals surface area contributed by atoms with E-state index in [0.717, 1.165) is 47.5 Å². The molecule has 0 spiro atoms. The highest BCUT2D eigenvalue weighted by Gasteiger charge is 2.30. The third-order valence-corrected chi connectivity index (χ3v) is 6.12. The standard InChI is InChI=1S/C29H25NO3/c31-27-19-11-10-18-25-24(27)20-26(30(25)23-16-8-3-9-17-23)28(21-12-4-1-5-13-21)33-29(32)22-14-6-2-7-15-22/h1-9,12-17,20,28H,10-11,18-19H2. The van der Waals surface area contributed by atoms with Gasteiger partial charge in [-0.1, -0.05) is 66.7 Å². The number of carbonyl (C=O) groups is 2. The quantitative estimate of drug-likeness (QED) is 0.272. The molecule has 1 aliphatic rings. The zero-order valence-corrected chi connectivity index (χ0v) is 18.3. The van der Waals surface area contributed by atoms with Gasteiger partial charge in [-0.05, 0) is 55.2 Å². The van der Waals surface area contributed by atoms with Crippen molar-refractivity contribution in [2.24, 2.45) is 0 Å². The maximum atomic E-state index is 13.1. The second kappa shape index (κ2) is 9.29. The van der Waals surface area contributed by atoms with E-state index in [1.54, 1.807) is 12.1 Å². The Hall–Kier alpha value is -3.92. The Morgan fingerprint density at radius 2 is 1.39 bits per heavy atom. The number of hydrogen-bond donors (Lipinski definition) is 0. The summed E-state index contributed by atoms with van der Waals surface area (Å²) < 4.78 is 8.26. The van der Waals surface area contributed by atoms with E-state index >= 15 is 0 Å². The van der Waals surface area contributed by atoms with E-state index in [2.05, 4.69) is 4.57 Å². The Bertz CT molecular complexity index is 1260. The second-order valence-corrected chi connectivity index (χ2v) is 8.29. The number of benzene rings is 3. The van der Waals surface area contributed by atoms with E-state index in [4.69, 9.17) is 4.74 Å². The van der Waals surface area contributed by atoms with Crippen LogP contribution < -0.4 is 0 Å². The lowest BCUT2D eigenvalue weighted by atomic mass is 10.0. The highest BCUT2D eigenvalue weighted by molar-refractivity contribution is 5.98. The van der Waals surface area contributed by atoms with Gasteiger partial charge in [-0.2, -0.15) is 0 Å². The van der Waals surface area contributed by atoms with Crippen LogP contribution in [0.3, 0.4) is 0 Å². The van der Waals surface area contributed by atoms with E-state index in [0.29, 0.717) is 12.0 Å². The Morgan fingerprint density at radius 1 is 0.788 bits per heavy atom. The van der Waals surface area contributed by atoms with Crippen LogP contribution >= 0.6 is 0 Å². The predicted molar refractivity (Wildman–Crippen MR) is 128 cm³/mol. The number of carbonyl (C=O) groups excluding carboxylic acids is 2. The van der Waals surface area contributed by atoms with Crippen LogP contribution in [0.5, 0.6) is 0 Å². The third kappa shape index (κ3) is 4.24. The number of fused-ring (bicyclic) bond motifs is 1. The monoisotopic (exact) mass is 435 g/mol. The van der Waals surface area contributed by atoms with Crippen molar-refractivity contribution in [3.05, 3.63) is 125 Å². The topological polar surface area (TPSA) is 48.3 Å². The van der Waals surface area contributed by atoms with E-state index in [1.165, 1.54) is 0 Å². The molecule has 4 nitrogen and oxygen atoms in total. The smallest absolute Gasteiger partial charge is 0.339 e. The molecular formula is C29H25NO3. The molecule has 0 amide bonds. The van der Waals surface area contributed by atoms with Crippen LogP contribution in [0.25, 0.3) is 5.69 Å². The minimum absolute atomic E-state index is 0.152. The van der Waals surface area contributed by atoms with Crippen LogP contribution in [0, 0.1) is 0 Å². The normalized spacial score (nSPS) is 14.2. The number of hydrogen-bond acceptors (Lipinski definition) is 3. The number of aromatic nitrogens is 1. The van der Waals surface area contributed by atoms with Crippen LogP contribution in [0.1, 0.15) is 63.0 Å². The summed E-state index contributed by atoms with van der Waals surface area (Å²) in [5.41, 5.74) is 4.84. The van der Waals surface area contributed by atoms with E-state index in [9.17, 15) is 9.59 Å². The zero-order chi connectivity index (χ0) is 22.6. The summed E-state index contributed by atoms with van der Waals surface area (Å²) in [4.78, 5) is 26.1. The maximum absolute atomic E-state index is 13.1. The first kappa shape index (κ1) is 21.0. The molecule has 1 aromatic heterocycles. The molecule has 0 radical (unpaired) electrons. The lowest BCUT2D eigenvalue weighted by molar-refractivity contribution is 0.0367. The number of rotatable bonds is 5. The van der Waals surface area contributed by atoms with Crippen molar-refractivity contribution in [3.8, 4) is 5.69 Å². The first-order valence-corrected chi connectivity index (χ1v) is 11.4. The van der Waals surface area contributed by atoms with Crippen LogP contribution in [0.4, 0.5) is 0 Å². The molecule has 4 heteroatoms. The van der Waals surface area contributed by atoms with Crippen molar-refractivity contribution in [1.82, 2.24) is 4.57 Å². The molecule has 3 aromatic carbocycles. The Labute approximate surface area is 193 Å². The van der Waals surface area contributed by atoms with Gasteiger partial charge in [-0.25, -0.2) is 4.79 Å². The van der Waals surface area contributed by atoms with E-state index in [-0.39, 0.29) is 5.78 Å². The Balaban J connectivity index is 1.68. The van der Waals surface area contributed by atoms with Gasteiger partial charge in [-0.15, -0.1) is 0 Å². The Morgan fingerprint density at radius 3 is 2.09 bits per heavy atom. The number of Topliss-reactive ketones (excluding diaryl/α,β-unsaturated/α-hetero) is 1. The van der Waals surface area contributed by atoms with Gasteiger partial charge >= 0.3 is 5.97 Å². The predicted octanol–water partition coefficient (Wildman–Crippen LogP) is 6.33. The highest BCUT2D eigenvalue weighted by atomic mass is 16.5. The van der Waals surface area contributed by atoms with E-state index in [1.807, 2.05) is 84.9 Å². The molecular weight excluding hydrogens is 410 g/mol. The summed E-state index contributed by atoms with van der Waals surface area (Å²) in [5.74, 6) is -0.244. The minimum Gasteiger partial charge on any atom is -0.447 e. The largest absolute Gasteiger partial charge is 0.447 e. The van der Waals surface area contributed by atoms with Gasteiger partial charge in [0.05, 0.1) is 11.3 Å². The van der Waals surface area contributed by atoms with Crippen molar-refractivity contribution in [3.63, 3.8) is 0 Å². The molecule has 164 valence electrons. The zero-order valence-electron chi connectivity index (χ0n) is 18.3. The van der Waals surface area contributed by atoms with Gasteiger partial charge in [0.25, 0.3) is 0 Å². The first-order chi connectivity index (χ1) is 16.2. The van der Waals surface area contributed by atoms with Crippen LogP contribution in [-0.2, 0) is 11.2 Å². The average molecular weight is 436 g/mol. The molecule has 1 unspecified atom stereocenters. The number of para-hydroxylation sites is 1. The Kier molecular flexibility index (Phi) is 5.90. The lowest BCUT2D eigenvalue weighted by Gasteiger charge is -2.22. The summed E-state index contributed by atoms with van der Waals surface area (Å²) in [6, 6.07) is 30.7. The van der Waals surface area contributed by atoms with Crippen molar-refractivity contribution in [2.75, 3.05) is 0 Å². The SMILES string of the molecule is O=C(OC(c1ccccc1)c1cc2c(n1-c1ccccc1)CCCCC2=O)c1ccccc1. The average Bonchev–Trinajstić information content (AvgIpc) is 3.16. The van der Waals surface area contributed by atoms with Gasteiger partial charge in [-0.3, -0.25) is 4.79 Å². The number of esters is 1. The van der Waals surface area contributed by atoms with Crippen LogP contribution in [0.2, 0.25) is 0 Å². The fraction of sp³-hybridized carbons (Fsp3) is 0.172. The summed E-state index contributed by atoms with van der Waals surface area (Å²) in [7, 11) is 0. The molecule has 1 heterocycles. The number of nitrogens with zero attached hydrogens (tertiary/aromatic N) is 1. The van der Waals surface area contributed by atoms with Crippen molar-refractivity contribution >= 4 is 11.8 Å². The van der Waals surface area contributed by atoms with Gasteiger partial charge < -0.3 is 9.30 Å². The fourth-order valence-corrected chi connectivity index (χ4v) is 4.52. The van der Waals surface area contributed by atoms with E-state index < -0.39 is 12.1 Å². The van der Waals surface area contributed by atoms with Gasteiger partial charge in [0, 0.05) is 23.4 Å². The number of ether oxygens (including phenoxy) is 1. The van der Waals surface area contributed by atoms with Crippen LogP contribution in [0.15, 0.2) is 97.1 Å². The molecule has 0 N–H and O–H groups in total. The molecule has 1 aliphatic carbocycles. The van der Waals surface area contributed by atoms with Crippen molar-refractivity contribution in [1.29, 1.82) is 0 Å². The summed E-state index contributed by atoms with van der Waals surface area (Å²) in [6.07, 6.45) is 2.55. The van der Waals surface area contributed by atoms with Crippen LogP contribution in [-0.4, -0.2) is 16.3 Å². The summed E-state index contributed by atoms with van der Waals surface area (Å²) in [6.45, 7) is 0. The summed E-state index contributed by atoms with van der Waals surface area (Å²) in [5, 5.41) is 0. The highest BCUT2D eigenvalue weighted by Crippen LogP contribution is 2.35. The lowest BCUT2D eigenvalue weighted by Crippen LogP contribution is -2.17. The van der Waals surface area contributed by atoms with Gasteiger partial charge in [0.2, 0.25) is 0 Å². The fourth-order valence-electron chi connectivity index (χ4n) is 4.52.